The standard InChI is InChI=1S/C15H12ClNO2S/c16-11-5-1-2-7-13(11)20-14-10(15(18)19)8-9-4-3-6-12(9)17-14/h1-2,5,7-8H,3-4,6H2,(H,18,19). The van der Waals surface area contributed by atoms with Gasteiger partial charge in [-0.25, -0.2) is 9.78 Å². The molecule has 0 unspecified atom stereocenters. The first-order valence-electron chi connectivity index (χ1n) is 6.33. The van der Waals surface area contributed by atoms with Crippen LogP contribution in [-0.2, 0) is 12.8 Å². The fraction of sp³-hybridized carbons (Fsp3) is 0.200. The number of pyridine rings is 1. The molecule has 5 heteroatoms. The van der Waals surface area contributed by atoms with E-state index in [1.807, 2.05) is 18.2 Å². The van der Waals surface area contributed by atoms with Crippen LogP contribution in [-0.4, -0.2) is 16.1 Å². The van der Waals surface area contributed by atoms with Crippen molar-refractivity contribution in [3.05, 3.63) is 52.2 Å². The van der Waals surface area contributed by atoms with Crippen molar-refractivity contribution in [1.82, 2.24) is 4.98 Å². The lowest BCUT2D eigenvalue weighted by Gasteiger charge is -2.09. The number of benzene rings is 1. The summed E-state index contributed by atoms with van der Waals surface area (Å²) in [6.45, 7) is 0. The van der Waals surface area contributed by atoms with Crippen LogP contribution in [0.4, 0.5) is 0 Å². The number of rotatable bonds is 3. The van der Waals surface area contributed by atoms with Crippen molar-refractivity contribution in [1.29, 1.82) is 0 Å². The van der Waals surface area contributed by atoms with E-state index in [4.69, 9.17) is 11.6 Å². The Bertz CT molecular complexity index is 688. The van der Waals surface area contributed by atoms with E-state index in [-0.39, 0.29) is 5.56 Å². The van der Waals surface area contributed by atoms with E-state index in [1.54, 1.807) is 12.1 Å². The Kier molecular flexibility index (Phi) is 3.68. The molecule has 1 heterocycles. The Morgan fingerprint density at radius 1 is 1.30 bits per heavy atom. The van der Waals surface area contributed by atoms with Gasteiger partial charge in [0, 0.05) is 10.6 Å². The van der Waals surface area contributed by atoms with Crippen molar-refractivity contribution in [3.63, 3.8) is 0 Å². The lowest BCUT2D eigenvalue weighted by molar-refractivity contribution is 0.0692. The van der Waals surface area contributed by atoms with Gasteiger partial charge in [0.1, 0.15) is 5.03 Å². The Morgan fingerprint density at radius 3 is 2.85 bits per heavy atom. The molecule has 3 rings (SSSR count). The molecular weight excluding hydrogens is 294 g/mol. The van der Waals surface area contributed by atoms with E-state index in [9.17, 15) is 9.90 Å². The van der Waals surface area contributed by atoms with E-state index < -0.39 is 5.97 Å². The minimum atomic E-state index is -0.943. The third-order valence-corrected chi connectivity index (χ3v) is 4.81. The van der Waals surface area contributed by atoms with Gasteiger partial charge in [0.25, 0.3) is 0 Å². The second-order valence-corrected chi connectivity index (χ2v) is 6.08. The highest BCUT2D eigenvalue weighted by molar-refractivity contribution is 7.99. The molecule has 3 nitrogen and oxygen atoms in total. The van der Waals surface area contributed by atoms with E-state index in [0.29, 0.717) is 10.0 Å². The summed E-state index contributed by atoms with van der Waals surface area (Å²) < 4.78 is 0. The second-order valence-electron chi connectivity index (χ2n) is 4.64. The van der Waals surface area contributed by atoms with Crippen LogP contribution in [0.1, 0.15) is 28.0 Å². The zero-order valence-electron chi connectivity index (χ0n) is 10.6. The fourth-order valence-corrected chi connectivity index (χ4v) is 3.50. The summed E-state index contributed by atoms with van der Waals surface area (Å²) in [6, 6.07) is 9.14. The number of aromatic nitrogens is 1. The van der Waals surface area contributed by atoms with Gasteiger partial charge in [0.05, 0.1) is 10.6 Å². The van der Waals surface area contributed by atoms with Crippen molar-refractivity contribution in [3.8, 4) is 0 Å². The molecular formula is C15H12ClNO2S. The van der Waals surface area contributed by atoms with Crippen molar-refractivity contribution in [2.45, 2.75) is 29.2 Å². The van der Waals surface area contributed by atoms with E-state index >= 15 is 0 Å². The van der Waals surface area contributed by atoms with Crippen LogP contribution in [0.25, 0.3) is 0 Å². The molecule has 1 aromatic carbocycles. The molecule has 102 valence electrons. The first-order chi connectivity index (χ1) is 9.65. The largest absolute Gasteiger partial charge is 0.478 e. The molecule has 0 atom stereocenters. The minimum Gasteiger partial charge on any atom is -0.478 e. The van der Waals surface area contributed by atoms with Crippen LogP contribution in [0.2, 0.25) is 5.02 Å². The predicted molar refractivity (Wildman–Crippen MR) is 78.8 cm³/mol. The molecule has 1 aliphatic rings. The number of halogens is 1. The third-order valence-electron chi connectivity index (χ3n) is 3.29. The van der Waals surface area contributed by atoms with Gasteiger partial charge in [-0.3, -0.25) is 0 Å². The third kappa shape index (κ3) is 2.53. The maximum atomic E-state index is 11.4. The minimum absolute atomic E-state index is 0.260. The highest BCUT2D eigenvalue weighted by atomic mass is 35.5. The number of aryl methyl sites for hydroxylation is 2. The summed E-state index contributed by atoms with van der Waals surface area (Å²) in [7, 11) is 0. The summed E-state index contributed by atoms with van der Waals surface area (Å²) in [5, 5.41) is 10.5. The number of hydrogen-bond acceptors (Lipinski definition) is 3. The topological polar surface area (TPSA) is 50.2 Å². The molecule has 1 aromatic heterocycles. The van der Waals surface area contributed by atoms with Crippen LogP contribution in [0.15, 0.2) is 40.3 Å². The number of hydrogen-bond donors (Lipinski definition) is 1. The van der Waals surface area contributed by atoms with Crippen molar-refractivity contribution < 1.29 is 9.90 Å². The van der Waals surface area contributed by atoms with Crippen LogP contribution in [0.3, 0.4) is 0 Å². The van der Waals surface area contributed by atoms with E-state index in [0.717, 1.165) is 35.4 Å². The quantitative estimate of drug-likeness (QED) is 0.928. The molecule has 0 spiro atoms. The molecule has 0 bridgehead atoms. The van der Waals surface area contributed by atoms with Crippen molar-refractivity contribution in [2.75, 3.05) is 0 Å². The summed E-state index contributed by atoms with van der Waals surface area (Å²) >= 11 is 7.44. The average Bonchev–Trinajstić information content (AvgIpc) is 2.87. The van der Waals surface area contributed by atoms with Gasteiger partial charge in [-0.2, -0.15) is 0 Å². The number of aromatic carboxylic acids is 1. The Labute approximate surface area is 126 Å². The van der Waals surface area contributed by atoms with Gasteiger partial charge < -0.3 is 5.11 Å². The molecule has 20 heavy (non-hydrogen) atoms. The first kappa shape index (κ1) is 13.5. The molecule has 0 radical (unpaired) electrons. The fourth-order valence-electron chi connectivity index (χ4n) is 2.32. The van der Waals surface area contributed by atoms with Crippen LogP contribution >= 0.6 is 23.4 Å². The lowest BCUT2D eigenvalue weighted by Crippen LogP contribution is -2.04. The van der Waals surface area contributed by atoms with Gasteiger partial charge in [0.2, 0.25) is 0 Å². The van der Waals surface area contributed by atoms with Crippen LogP contribution in [0.5, 0.6) is 0 Å². The molecule has 1 aliphatic carbocycles. The van der Waals surface area contributed by atoms with Gasteiger partial charge >= 0.3 is 5.97 Å². The van der Waals surface area contributed by atoms with Crippen LogP contribution < -0.4 is 0 Å². The molecule has 0 saturated heterocycles. The number of carbonyl (C=O) groups is 1. The second kappa shape index (κ2) is 5.46. The maximum Gasteiger partial charge on any atom is 0.338 e. The Balaban J connectivity index is 2.04. The SMILES string of the molecule is O=C(O)c1cc2c(nc1Sc1ccccc1Cl)CCC2. The smallest absolute Gasteiger partial charge is 0.338 e. The zero-order valence-corrected chi connectivity index (χ0v) is 12.2. The van der Waals surface area contributed by atoms with Gasteiger partial charge in [0.15, 0.2) is 0 Å². The van der Waals surface area contributed by atoms with E-state index in [1.165, 1.54) is 11.8 Å². The highest BCUT2D eigenvalue weighted by Gasteiger charge is 2.20. The van der Waals surface area contributed by atoms with Crippen molar-refractivity contribution >= 4 is 29.3 Å². The molecule has 0 aliphatic heterocycles. The molecule has 1 N–H and O–H groups in total. The molecule has 2 aromatic rings. The van der Waals surface area contributed by atoms with Crippen molar-refractivity contribution in [2.24, 2.45) is 0 Å². The van der Waals surface area contributed by atoms with Crippen LogP contribution in [0, 0.1) is 0 Å². The van der Waals surface area contributed by atoms with E-state index in [2.05, 4.69) is 4.98 Å². The summed E-state index contributed by atoms with van der Waals surface area (Å²) in [5.41, 5.74) is 2.34. The first-order valence-corrected chi connectivity index (χ1v) is 7.53. The molecule has 0 fully saturated rings. The Hall–Kier alpha value is -1.52. The normalized spacial score (nSPS) is 13.2. The highest BCUT2D eigenvalue weighted by Crippen LogP contribution is 2.35. The Morgan fingerprint density at radius 2 is 2.10 bits per heavy atom. The zero-order chi connectivity index (χ0) is 14.1. The number of nitrogens with zero attached hydrogens (tertiary/aromatic N) is 1. The summed E-state index contributed by atoms with van der Waals surface area (Å²) in [4.78, 5) is 16.8. The summed E-state index contributed by atoms with van der Waals surface area (Å²) in [5.74, 6) is -0.943. The molecule has 0 amide bonds. The van der Waals surface area contributed by atoms with Gasteiger partial charge in [-0.1, -0.05) is 35.5 Å². The monoisotopic (exact) mass is 305 g/mol. The maximum absolute atomic E-state index is 11.4. The summed E-state index contributed by atoms with van der Waals surface area (Å²) in [6.07, 6.45) is 2.88. The molecule has 0 saturated carbocycles. The number of carboxylic acid groups (broad SMARTS) is 1. The van der Waals surface area contributed by atoms with Gasteiger partial charge in [-0.15, -0.1) is 0 Å². The average molecular weight is 306 g/mol. The number of fused-ring (bicyclic) bond motifs is 1. The number of carboxylic acids is 1. The predicted octanol–water partition coefficient (Wildman–Crippen LogP) is 4.07. The van der Waals surface area contributed by atoms with Gasteiger partial charge in [-0.05, 0) is 43.0 Å². The lowest BCUT2D eigenvalue weighted by atomic mass is 10.1.